The van der Waals surface area contributed by atoms with Crippen molar-refractivity contribution in [3.8, 4) is 0 Å². The van der Waals surface area contributed by atoms with E-state index in [9.17, 15) is 13.6 Å². The van der Waals surface area contributed by atoms with Crippen LogP contribution in [0.1, 0.15) is 11.3 Å². The lowest BCUT2D eigenvalue weighted by molar-refractivity contribution is 0.119. The van der Waals surface area contributed by atoms with Gasteiger partial charge in [0.15, 0.2) is 0 Å². The summed E-state index contributed by atoms with van der Waals surface area (Å²) >= 11 is 6.12. The molecule has 3 rings (SSSR count). The molecule has 2 aromatic heterocycles. The van der Waals surface area contributed by atoms with Crippen molar-refractivity contribution < 1.29 is 8.78 Å². The highest BCUT2D eigenvalue weighted by Gasteiger charge is 2.23. The summed E-state index contributed by atoms with van der Waals surface area (Å²) in [5.74, 6) is 0.897. The van der Waals surface area contributed by atoms with Crippen molar-refractivity contribution in [1.82, 2.24) is 19.7 Å². The molecule has 0 atom stereocenters. The van der Waals surface area contributed by atoms with Gasteiger partial charge in [0, 0.05) is 37.4 Å². The zero-order valence-electron chi connectivity index (χ0n) is 14.5. The third-order valence-electron chi connectivity index (χ3n) is 4.51. The van der Waals surface area contributed by atoms with Gasteiger partial charge in [-0.3, -0.25) is 4.79 Å². The fourth-order valence-electron chi connectivity index (χ4n) is 2.94. The number of alkyl halides is 2. The van der Waals surface area contributed by atoms with Crippen LogP contribution in [0.2, 0.25) is 5.02 Å². The zero-order valence-corrected chi connectivity index (χ0v) is 15.2. The Morgan fingerprint density at radius 1 is 1.15 bits per heavy atom. The van der Waals surface area contributed by atoms with Gasteiger partial charge in [-0.1, -0.05) is 11.6 Å². The van der Waals surface area contributed by atoms with Crippen LogP contribution in [-0.2, 0) is 6.54 Å². The number of hydrogen-bond donors (Lipinski definition) is 0. The van der Waals surface area contributed by atoms with Gasteiger partial charge < -0.3 is 9.80 Å². The van der Waals surface area contributed by atoms with Gasteiger partial charge in [0.1, 0.15) is 23.7 Å². The number of rotatable bonds is 4. The lowest BCUT2D eigenvalue weighted by Crippen LogP contribution is -2.47. The van der Waals surface area contributed by atoms with Crippen molar-refractivity contribution in [2.24, 2.45) is 0 Å². The first-order chi connectivity index (χ1) is 12.4. The summed E-state index contributed by atoms with van der Waals surface area (Å²) in [5, 5.41) is 3.74. The molecule has 1 saturated heterocycles. The molecule has 7 nitrogen and oxygen atoms in total. The lowest BCUT2D eigenvalue weighted by atomic mass is 10.2. The Labute approximate surface area is 154 Å². The highest BCUT2D eigenvalue weighted by atomic mass is 35.5. The topological polar surface area (TPSA) is 67.2 Å². The monoisotopic (exact) mass is 384 g/mol. The Morgan fingerprint density at radius 3 is 2.46 bits per heavy atom. The van der Waals surface area contributed by atoms with Crippen molar-refractivity contribution in [1.29, 1.82) is 0 Å². The Hall–Kier alpha value is -2.29. The van der Waals surface area contributed by atoms with Gasteiger partial charge in [-0.2, -0.15) is 5.10 Å². The Balaban J connectivity index is 1.75. The van der Waals surface area contributed by atoms with E-state index in [0.717, 1.165) is 17.1 Å². The predicted octanol–water partition coefficient (Wildman–Crippen LogP) is 1.90. The third-order valence-corrected chi connectivity index (χ3v) is 4.86. The standard InChI is InChI=1S/C16H19ClF2N6O/c1-10-11(2)20-9-21-15(10)24-5-3-23(4-6-24)12-7-22-25(8-13(18)19)16(26)14(12)17/h7,9,13H,3-6,8H2,1-2H3. The molecule has 140 valence electrons. The average molecular weight is 385 g/mol. The summed E-state index contributed by atoms with van der Waals surface area (Å²) in [6, 6.07) is 0. The second-order valence-corrected chi connectivity index (χ2v) is 6.48. The van der Waals surface area contributed by atoms with Crippen LogP contribution in [0, 0.1) is 13.8 Å². The number of anilines is 2. The molecule has 0 aliphatic carbocycles. The number of nitrogens with zero attached hydrogens (tertiary/aromatic N) is 6. The van der Waals surface area contributed by atoms with Gasteiger partial charge >= 0.3 is 0 Å². The fourth-order valence-corrected chi connectivity index (χ4v) is 3.21. The van der Waals surface area contributed by atoms with Crippen LogP contribution in [0.25, 0.3) is 0 Å². The van der Waals surface area contributed by atoms with E-state index in [0.29, 0.717) is 36.5 Å². The van der Waals surface area contributed by atoms with Crippen LogP contribution in [-0.4, -0.2) is 52.4 Å². The number of piperazine rings is 1. The lowest BCUT2D eigenvalue weighted by Gasteiger charge is -2.37. The van der Waals surface area contributed by atoms with Crippen LogP contribution in [0.3, 0.4) is 0 Å². The van der Waals surface area contributed by atoms with Gasteiger partial charge in [0.05, 0.1) is 11.9 Å². The summed E-state index contributed by atoms with van der Waals surface area (Å²) < 4.78 is 25.7. The van der Waals surface area contributed by atoms with Gasteiger partial charge in [0.25, 0.3) is 12.0 Å². The molecule has 0 unspecified atom stereocenters. The summed E-state index contributed by atoms with van der Waals surface area (Å²) in [4.78, 5) is 24.8. The second-order valence-electron chi connectivity index (χ2n) is 6.10. The van der Waals surface area contributed by atoms with Gasteiger partial charge in [-0.05, 0) is 13.8 Å². The third kappa shape index (κ3) is 3.62. The molecule has 0 amide bonds. The molecular weight excluding hydrogens is 366 g/mol. The molecule has 3 heterocycles. The van der Waals surface area contributed by atoms with E-state index in [1.165, 1.54) is 6.20 Å². The smallest absolute Gasteiger partial charge is 0.287 e. The van der Waals surface area contributed by atoms with Crippen LogP contribution >= 0.6 is 11.6 Å². The van der Waals surface area contributed by atoms with E-state index in [1.54, 1.807) is 6.33 Å². The normalized spacial score (nSPS) is 15.0. The predicted molar refractivity (Wildman–Crippen MR) is 95.4 cm³/mol. The van der Waals surface area contributed by atoms with Crippen LogP contribution < -0.4 is 15.4 Å². The number of aryl methyl sites for hydroxylation is 1. The van der Waals surface area contributed by atoms with E-state index in [1.807, 2.05) is 18.7 Å². The molecule has 0 radical (unpaired) electrons. The minimum atomic E-state index is -2.66. The summed E-state index contributed by atoms with van der Waals surface area (Å²) in [6.07, 6.45) is 0.264. The largest absolute Gasteiger partial charge is 0.365 e. The minimum Gasteiger partial charge on any atom is -0.365 e. The number of aromatic nitrogens is 4. The van der Waals surface area contributed by atoms with E-state index in [2.05, 4.69) is 20.0 Å². The van der Waals surface area contributed by atoms with Crippen molar-refractivity contribution in [2.45, 2.75) is 26.8 Å². The van der Waals surface area contributed by atoms with Crippen molar-refractivity contribution in [3.63, 3.8) is 0 Å². The average Bonchev–Trinajstić information content (AvgIpc) is 2.62. The van der Waals surface area contributed by atoms with Crippen molar-refractivity contribution in [3.05, 3.63) is 39.2 Å². The maximum atomic E-state index is 12.5. The number of halogens is 3. The first-order valence-electron chi connectivity index (χ1n) is 8.20. The van der Waals surface area contributed by atoms with Crippen LogP contribution in [0.15, 0.2) is 17.3 Å². The summed E-state index contributed by atoms with van der Waals surface area (Å²) in [5.41, 5.74) is 1.74. The SMILES string of the molecule is Cc1ncnc(N2CCN(c3cnn(CC(F)F)c(=O)c3Cl)CC2)c1C. The maximum Gasteiger partial charge on any atom is 0.287 e. The fraction of sp³-hybridized carbons (Fsp3) is 0.500. The second kappa shape index (κ2) is 7.53. The zero-order chi connectivity index (χ0) is 18.8. The van der Waals surface area contributed by atoms with E-state index in [4.69, 9.17) is 11.6 Å². The summed E-state index contributed by atoms with van der Waals surface area (Å²) in [6.45, 7) is 5.77. The Bertz CT molecular complexity index is 851. The molecule has 26 heavy (non-hydrogen) atoms. The molecule has 2 aromatic rings. The van der Waals surface area contributed by atoms with E-state index < -0.39 is 18.5 Å². The molecule has 1 aliphatic rings. The van der Waals surface area contributed by atoms with Crippen LogP contribution in [0.5, 0.6) is 0 Å². The Morgan fingerprint density at radius 2 is 1.81 bits per heavy atom. The molecule has 1 fully saturated rings. The maximum absolute atomic E-state index is 12.5. The highest BCUT2D eigenvalue weighted by Crippen LogP contribution is 2.25. The molecule has 0 spiro atoms. The molecular formula is C16H19ClF2N6O. The quantitative estimate of drug-likeness (QED) is 0.802. The highest BCUT2D eigenvalue weighted by molar-refractivity contribution is 6.33. The minimum absolute atomic E-state index is 0.0804. The van der Waals surface area contributed by atoms with Crippen molar-refractivity contribution in [2.75, 3.05) is 36.0 Å². The van der Waals surface area contributed by atoms with Crippen molar-refractivity contribution >= 4 is 23.1 Å². The molecule has 0 aromatic carbocycles. The van der Waals surface area contributed by atoms with Gasteiger partial charge in [0.2, 0.25) is 0 Å². The van der Waals surface area contributed by atoms with E-state index in [-0.39, 0.29) is 5.02 Å². The summed E-state index contributed by atoms with van der Waals surface area (Å²) in [7, 11) is 0. The molecule has 0 N–H and O–H groups in total. The molecule has 0 saturated carbocycles. The van der Waals surface area contributed by atoms with Gasteiger partial charge in [-0.25, -0.2) is 23.4 Å². The molecule has 0 bridgehead atoms. The van der Waals surface area contributed by atoms with Crippen LogP contribution in [0.4, 0.5) is 20.3 Å². The first-order valence-corrected chi connectivity index (χ1v) is 8.58. The van der Waals surface area contributed by atoms with Gasteiger partial charge in [-0.15, -0.1) is 0 Å². The molecule has 1 aliphatic heterocycles. The first kappa shape index (κ1) is 18.5. The Kier molecular flexibility index (Phi) is 5.36. The van der Waals surface area contributed by atoms with E-state index >= 15 is 0 Å². The molecule has 10 heteroatoms. The number of hydrogen-bond acceptors (Lipinski definition) is 6.